The molecule has 0 bridgehead atoms. The second-order valence-corrected chi connectivity index (χ2v) is 13.8. The van der Waals surface area contributed by atoms with Crippen LogP contribution in [-0.4, -0.2) is 0 Å². The Bertz CT molecular complexity index is 297. The quantitative estimate of drug-likeness (QED) is 0.737. The minimum atomic E-state index is -2.12. The zero-order valence-electron chi connectivity index (χ0n) is 7.48. The van der Waals surface area contributed by atoms with E-state index >= 15 is 0 Å². The van der Waals surface area contributed by atoms with Crippen molar-refractivity contribution >= 4 is 17.0 Å². The third kappa shape index (κ3) is 1.89. The Kier molecular flexibility index (Phi) is 2.89. The van der Waals surface area contributed by atoms with Gasteiger partial charge in [0.2, 0.25) is 0 Å². The number of fused-ring (bicyclic) bond motifs is 1. The average Bonchev–Trinajstić information content (AvgIpc) is 2.42. The summed E-state index contributed by atoms with van der Waals surface area (Å²) >= 11 is -2.12. The van der Waals surface area contributed by atoms with Crippen LogP contribution in [0.15, 0.2) is 24.3 Å². The Balaban J connectivity index is 2.32. The summed E-state index contributed by atoms with van der Waals surface area (Å²) in [6.45, 7) is 2.24. The van der Waals surface area contributed by atoms with Crippen molar-refractivity contribution < 1.29 is 19.4 Å². The predicted octanol–water partition coefficient (Wildman–Crippen LogP) is 3.89. The van der Waals surface area contributed by atoms with Gasteiger partial charge in [-0.25, -0.2) is 0 Å². The van der Waals surface area contributed by atoms with Gasteiger partial charge in [0.1, 0.15) is 0 Å². The van der Waals surface area contributed by atoms with Crippen LogP contribution in [-0.2, 0) is 32.2 Å². The van der Waals surface area contributed by atoms with E-state index < -0.39 is 19.4 Å². The molecule has 0 spiro atoms. The molecule has 1 aliphatic rings. The molecule has 2 rings (SSSR count). The Labute approximate surface area is 94.0 Å². The third-order valence-corrected chi connectivity index (χ3v) is 11.2. The molecule has 0 aliphatic heterocycles. The SMILES string of the molecule is C[C]1([Zr]([Cl])[Cl])Cc2ccccc2C1. The zero-order valence-corrected chi connectivity index (χ0v) is 11.4. The van der Waals surface area contributed by atoms with Crippen LogP contribution in [0.2, 0.25) is 3.12 Å². The van der Waals surface area contributed by atoms with E-state index in [-0.39, 0.29) is 3.12 Å². The first-order valence-electron chi connectivity index (χ1n) is 4.37. The number of benzene rings is 1. The fourth-order valence-electron chi connectivity index (χ4n) is 1.94. The fraction of sp³-hybridized carbons (Fsp3) is 0.400. The molecule has 0 heterocycles. The van der Waals surface area contributed by atoms with Gasteiger partial charge in [-0.3, -0.25) is 0 Å². The van der Waals surface area contributed by atoms with Gasteiger partial charge in [-0.15, -0.1) is 0 Å². The van der Waals surface area contributed by atoms with Crippen LogP contribution < -0.4 is 0 Å². The third-order valence-electron chi connectivity index (χ3n) is 2.74. The molecular weight excluding hydrogens is 282 g/mol. The van der Waals surface area contributed by atoms with E-state index in [4.69, 9.17) is 17.0 Å². The molecule has 1 aromatic rings. The van der Waals surface area contributed by atoms with Gasteiger partial charge in [-0.2, -0.15) is 0 Å². The molecule has 13 heavy (non-hydrogen) atoms. The number of hydrogen-bond acceptors (Lipinski definition) is 0. The molecule has 0 saturated heterocycles. The van der Waals surface area contributed by atoms with Crippen molar-refractivity contribution in [2.24, 2.45) is 0 Å². The Morgan fingerprint density at radius 2 is 1.62 bits per heavy atom. The molecule has 0 saturated carbocycles. The fourth-order valence-corrected chi connectivity index (χ4v) is 5.11. The molecule has 0 aromatic heterocycles. The van der Waals surface area contributed by atoms with Gasteiger partial charge < -0.3 is 0 Å². The first kappa shape index (κ1) is 10.2. The van der Waals surface area contributed by atoms with Gasteiger partial charge in [0.25, 0.3) is 0 Å². The molecule has 0 fully saturated rings. The van der Waals surface area contributed by atoms with Crippen molar-refractivity contribution in [3.63, 3.8) is 0 Å². The Morgan fingerprint density at radius 3 is 2.00 bits per heavy atom. The van der Waals surface area contributed by atoms with E-state index in [1.165, 1.54) is 11.1 Å². The zero-order chi connectivity index (χ0) is 9.47. The number of rotatable bonds is 1. The Hall–Kier alpha value is 0.683. The topological polar surface area (TPSA) is 0 Å². The Morgan fingerprint density at radius 1 is 1.15 bits per heavy atom. The van der Waals surface area contributed by atoms with E-state index in [9.17, 15) is 0 Å². The van der Waals surface area contributed by atoms with Crippen molar-refractivity contribution in [3.05, 3.63) is 35.4 Å². The first-order valence-corrected chi connectivity index (χ1v) is 11.9. The van der Waals surface area contributed by atoms with Crippen LogP contribution in [0.1, 0.15) is 18.1 Å². The molecule has 0 atom stereocenters. The maximum atomic E-state index is 6.18. The molecule has 0 N–H and O–H groups in total. The molecule has 0 amide bonds. The van der Waals surface area contributed by atoms with Crippen molar-refractivity contribution in [2.45, 2.75) is 22.9 Å². The second kappa shape index (κ2) is 3.68. The molecule has 69 valence electrons. The summed E-state index contributed by atoms with van der Waals surface area (Å²) < 4.78 is 0.231. The van der Waals surface area contributed by atoms with Gasteiger partial charge in [0.15, 0.2) is 0 Å². The summed E-state index contributed by atoms with van der Waals surface area (Å²) in [5.41, 5.74) is 2.90. The van der Waals surface area contributed by atoms with Gasteiger partial charge in [0.05, 0.1) is 0 Å². The first-order chi connectivity index (χ1) is 6.12. The van der Waals surface area contributed by atoms with Crippen LogP contribution >= 0.6 is 17.0 Å². The van der Waals surface area contributed by atoms with E-state index in [1.54, 1.807) is 0 Å². The molecule has 1 aromatic carbocycles. The van der Waals surface area contributed by atoms with Crippen LogP contribution in [0, 0.1) is 0 Å². The molecule has 0 radical (unpaired) electrons. The monoisotopic (exact) mass is 291 g/mol. The minimum absolute atomic E-state index is 0.231. The summed E-state index contributed by atoms with van der Waals surface area (Å²) in [7, 11) is 12.4. The molecular formula is C10H11Cl2Zr. The molecule has 3 heteroatoms. The predicted molar refractivity (Wildman–Crippen MR) is 53.9 cm³/mol. The van der Waals surface area contributed by atoms with Gasteiger partial charge >= 0.3 is 94.7 Å². The van der Waals surface area contributed by atoms with E-state index in [1.807, 2.05) is 0 Å². The van der Waals surface area contributed by atoms with Crippen molar-refractivity contribution in [1.29, 1.82) is 0 Å². The average molecular weight is 293 g/mol. The van der Waals surface area contributed by atoms with Crippen molar-refractivity contribution in [3.8, 4) is 0 Å². The summed E-state index contributed by atoms with van der Waals surface area (Å²) in [6, 6.07) is 8.58. The summed E-state index contributed by atoms with van der Waals surface area (Å²) in [4.78, 5) is 0. The number of halogens is 2. The van der Waals surface area contributed by atoms with Crippen LogP contribution in [0.5, 0.6) is 0 Å². The molecule has 0 unspecified atom stereocenters. The second-order valence-electron chi connectivity index (χ2n) is 3.94. The van der Waals surface area contributed by atoms with Gasteiger partial charge in [-0.05, 0) is 0 Å². The summed E-state index contributed by atoms with van der Waals surface area (Å²) in [6.07, 6.45) is 2.18. The number of hydrogen-bond donors (Lipinski definition) is 0. The normalized spacial score (nSPS) is 18.4. The maximum absolute atomic E-state index is 6.18. The summed E-state index contributed by atoms with van der Waals surface area (Å²) in [5, 5.41) is 0. The van der Waals surface area contributed by atoms with Crippen LogP contribution in [0.25, 0.3) is 0 Å². The molecule has 1 aliphatic carbocycles. The van der Waals surface area contributed by atoms with E-state index in [2.05, 4.69) is 31.2 Å². The standard InChI is InChI=1S/C10H11.2ClH.Zr/c1-8-6-9-4-2-3-5-10(9)7-8;;;/h2-5H,6-7H2,1H3;2*1H;/q;;;+2/p-2. The van der Waals surface area contributed by atoms with Crippen LogP contribution in [0.4, 0.5) is 0 Å². The van der Waals surface area contributed by atoms with Gasteiger partial charge in [-0.1, -0.05) is 0 Å². The van der Waals surface area contributed by atoms with E-state index in [0.29, 0.717) is 0 Å². The van der Waals surface area contributed by atoms with Gasteiger partial charge in [0, 0.05) is 0 Å². The molecule has 0 nitrogen and oxygen atoms in total. The van der Waals surface area contributed by atoms with Crippen LogP contribution in [0.3, 0.4) is 0 Å². The van der Waals surface area contributed by atoms with Crippen molar-refractivity contribution in [1.82, 2.24) is 0 Å². The summed E-state index contributed by atoms with van der Waals surface area (Å²) in [5.74, 6) is 0. The van der Waals surface area contributed by atoms with E-state index in [0.717, 1.165) is 12.8 Å². The van der Waals surface area contributed by atoms with Crippen molar-refractivity contribution in [2.75, 3.05) is 0 Å².